The van der Waals surface area contributed by atoms with Crippen LogP contribution in [0.15, 0.2) is 0 Å². The molecule has 1 unspecified atom stereocenters. The van der Waals surface area contributed by atoms with Crippen molar-refractivity contribution >= 4 is 0 Å². The largest absolute Gasteiger partial charge is 0.325 e. The zero-order valence-corrected chi connectivity index (χ0v) is 10.5. The maximum atomic E-state index is 6.71. The molecule has 0 heterocycles. The van der Waals surface area contributed by atoms with Gasteiger partial charge in [-0.1, -0.05) is 39.5 Å². The van der Waals surface area contributed by atoms with Crippen LogP contribution in [0.2, 0.25) is 0 Å². The second kappa shape index (κ2) is 4.08. The topological polar surface area (TPSA) is 26.0 Å². The van der Waals surface area contributed by atoms with E-state index in [1.54, 1.807) is 0 Å². The molecular formula is C14H27N. The number of hydrogen-bond acceptors (Lipinski definition) is 1. The van der Waals surface area contributed by atoms with Crippen LogP contribution >= 0.6 is 0 Å². The van der Waals surface area contributed by atoms with Crippen LogP contribution in [0.25, 0.3) is 0 Å². The van der Waals surface area contributed by atoms with Crippen molar-refractivity contribution in [3.05, 3.63) is 0 Å². The van der Waals surface area contributed by atoms with Crippen LogP contribution in [-0.4, -0.2) is 5.54 Å². The summed E-state index contributed by atoms with van der Waals surface area (Å²) < 4.78 is 0. The van der Waals surface area contributed by atoms with Gasteiger partial charge >= 0.3 is 0 Å². The van der Waals surface area contributed by atoms with E-state index in [-0.39, 0.29) is 5.54 Å². The van der Waals surface area contributed by atoms with Crippen molar-refractivity contribution in [2.24, 2.45) is 17.1 Å². The Morgan fingerprint density at radius 3 is 2.20 bits per heavy atom. The Morgan fingerprint density at radius 1 is 0.933 bits per heavy atom. The van der Waals surface area contributed by atoms with Crippen LogP contribution in [0.1, 0.15) is 71.6 Å². The van der Waals surface area contributed by atoms with Gasteiger partial charge in [0.2, 0.25) is 0 Å². The van der Waals surface area contributed by atoms with Crippen molar-refractivity contribution in [2.45, 2.75) is 77.2 Å². The summed E-state index contributed by atoms with van der Waals surface area (Å²) in [5.74, 6) is 0.825. The fourth-order valence-electron chi connectivity index (χ4n) is 3.99. The first-order valence-electron chi connectivity index (χ1n) is 6.81. The van der Waals surface area contributed by atoms with Gasteiger partial charge in [0.05, 0.1) is 0 Å². The molecule has 1 nitrogen and oxygen atoms in total. The fourth-order valence-corrected chi connectivity index (χ4v) is 3.99. The van der Waals surface area contributed by atoms with Crippen LogP contribution in [0, 0.1) is 11.3 Å². The molecule has 2 N–H and O–H groups in total. The zero-order valence-electron chi connectivity index (χ0n) is 10.5. The van der Waals surface area contributed by atoms with E-state index in [1.165, 1.54) is 57.8 Å². The Morgan fingerprint density at radius 2 is 1.60 bits per heavy atom. The molecule has 0 aromatic rings. The van der Waals surface area contributed by atoms with Crippen molar-refractivity contribution in [1.29, 1.82) is 0 Å². The van der Waals surface area contributed by atoms with Gasteiger partial charge in [0, 0.05) is 5.54 Å². The smallest absolute Gasteiger partial charge is 0.0187 e. The van der Waals surface area contributed by atoms with Gasteiger partial charge in [-0.25, -0.2) is 0 Å². The second-order valence-electron chi connectivity index (χ2n) is 6.76. The van der Waals surface area contributed by atoms with Crippen molar-refractivity contribution in [1.82, 2.24) is 0 Å². The molecule has 1 heteroatoms. The van der Waals surface area contributed by atoms with Gasteiger partial charge in [-0.15, -0.1) is 0 Å². The van der Waals surface area contributed by atoms with Crippen molar-refractivity contribution in [2.75, 3.05) is 0 Å². The van der Waals surface area contributed by atoms with Gasteiger partial charge < -0.3 is 5.73 Å². The summed E-state index contributed by atoms with van der Waals surface area (Å²) in [5, 5.41) is 0. The molecule has 2 saturated carbocycles. The minimum atomic E-state index is 0.183. The molecule has 88 valence electrons. The molecule has 0 saturated heterocycles. The predicted molar refractivity (Wildman–Crippen MR) is 65.7 cm³/mol. The monoisotopic (exact) mass is 209 g/mol. The van der Waals surface area contributed by atoms with Gasteiger partial charge in [0.15, 0.2) is 0 Å². The lowest BCUT2D eigenvalue weighted by molar-refractivity contribution is 0.0819. The lowest BCUT2D eigenvalue weighted by Gasteiger charge is -2.48. The number of nitrogens with two attached hydrogens (primary N) is 1. The first kappa shape index (κ1) is 11.4. The lowest BCUT2D eigenvalue weighted by Crippen LogP contribution is -2.52. The van der Waals surface area contributed by atoms with E-state index in [1.807, 2.05) is 0 Å². The minimum Gasteiger partial charge on any atom is -0.325 e. The summed E-state index contributed by atoms with van der Waals surface area (Å²) in [5.41, 5.74) is 7.38. The summed E-state index contributed by atoms with van der Waals surface area (Å²) >= 11 is 0. The van der Waals surface area contributed by atoms with Crippen molar-refractivity contribution in [3.63, 3.8) is 0 Å². The molecule has 0 spiro atoms. The van der Waals surface area contributed by atoms with E-state index in [9.17, 15) is 0 Å². The lowest BCUT2D eigenvalue weighted by atomic mass is 9.61. The van der Waals surface area contributed by atoms with Crippen molar-refractivity contribution < 1.29 is 0 Å². The minimum absolute atomic E-state index is 0.183. The van der Waals surface area contributed by atoms with Crippen LogP contribution in [0.5, 0.6) is 0 Å². The molecule has 0 aromatic heterocycles. The third kappa shape index (κ3) is 2.55. The zero-order chi connectivity index (χ0) is 10.9. The van der Waals surface area contributed by atoms with Crippen LogP contribution in [0.4, 0.5) is 0 Å². The summed E-state index contributed by atoms with van der Waals surface area (Å²) in [7, 11) is 0. The number of hydrogen-bond donors (Lipinski definition) is 1. The first-order valence-corrected chi connectivity index (χ1v) is 6.81. The quantitative estimate of drug-likeness (QED) is 0.697. The van der Waals surface area contributed by atoms with Gasteiger partial charge in [-0.2, -0.15) is 0 Å². The molecule has 0 aromatic carbocycles. The third-order valence-corrected chi connectivity index (χ3v) is 4.72. The molecule has 1 atom stereocenters. The maximum Gasteiger partial charge on any atom is 0.0187 e. The van der Waals surface area contributed by atoms with E-state index in [4.69, 9.17) is 5.73 Å². The van der Waals surface area contributed by atoms with Gasteiger partial charge in [-0.05, 0) is 43.4 Å². The van der Waals surface area contributed by atoms with Crippen LogP contribution < -0.4 is 5.73 Å². The highest BCUT2D eigenvalue weighted by Gasteiger charge is 2.42. The Labute approximate surface area is 94.8 Å². The first-order chi connectivity index (χ1) is 7.02. The Balaban J connectivity index is 2.04. The van der Waals surface area contributed by atoms with Gasteiger partial charge in [0.25, 0.3) is 0 Å². The number of rotatable bonds is 1. The molecule has 2 rings (SSSR count). The molecule has 2 aliphatic carbocycles. The van der Waals surface area contributed by atoms with E-state index in [2.05, 4.69) is 13.8 Å². The molecule has 15 heavy (non-hydrogen) atoms. The second-order valence-corrected chi connectivity index (χ2v) is 6.76. The Bertz CT molecular complexity index is 215. The average Bonchev–Trinajstić information content (AvgIpc) is 2.17. The van der Waals surface area contributed by atoms with E-state index in [0.717, 1.165) is 5.92 Å². The molecular weight excluding hydrogens is 182 g/mol. The standard InChI is InChI=1S/C14H27N/c1-13(2)9-6-10-14(15,11-13)12-7-4-3-5-8-12/h12H,3-11,15H2,1-2H3. The normalized spacial score (nSPS) is 37.8. The molecule has 0 aliphatic heterocycles. The molecule has 2 aliphatic rings. The maximum absolute atomic E-state index is 6.71. The van der Waals surface area contributed by atoms with Gasteiger partial charge in [-0.3, -0.25) is 0 Å². The highest BCUT2D eigenvalue weighted by Crippen LogP contribution is 2.46. The highest BCUT2D eigenvalue weighted by atomic mass is 14.8. The molecule has 0 radical (unpaired) electrons. The van der Waals surface area contributed by atoms with Crippen LogP contribution in [0.3, 0.4) is 0 Å². The predicted octanol–water partition coefficient (Wildman–Crippen LogP) is 3.86. The van der Waals surface area contributed by atoms with Crippen molar-refractivity contribution in [3.8, 4) is 0 Å². The van der Waals surface area contributed by atoms with E-state index in [0.29, 0.717) is 5.41 Å². The fraction of sp³-hybridized carbons (Fsp3) is 1.00. The summed E-state index contributed by atoms with van der Waals surface area (Å²) in [6.07, 6.45) is 12.3. The molecule has 0 bridgehead atoms. The Hall–Kier alpha value is -0.0400. The molecule has 2 fully saturated rings. The van der Waals surface area contributed by atoms with E-state index < -0.39 is 0 Å². The van der Waals surface area contributed by atoms with E-state index >= 15 is 0 Å². The summed E-state index contributed by atoms with van der Waals surface area (Å²) in [6, 6.07) is 0. The average molecular weight is 209 g/mol. The SMILES string of the molecule is CC1(C)CCCC(N)(C2CCCCC2)C1. The summed E-state index contributed by atoms with van der Waals surface area (Å²) in [4.78, 5) is 0. The Kier molecular flexibility index (Phi) is 3.12. The third-order valence-electron chi connectivity index (χ3n) is 4.72. The molecule has 0 amide bonds. The highest BCUT2D eigenvalue weighted by molar-refractivity contribution is 4.99. The summed E-state index contributed by atoms with van der Waals surface area (Å²) in [6.45, 7) is 4.80. The van der Waals surface area contributed by atoms with Crippen LogP contribution in [-0.2, 0) is 0 Å². The van der Waals surface area contributed by atoms with Gasteiger partial charge in [0.1, 0.15) is 0 Å².